The van der Waals surface area contributed by atoms with E-state index in [0.29, 0.717) is 28.4 Å². The van der Waals surface area contributed by atoms with Gasteiger partial charge in [0, 0.05) is 18.1 Å². The third kappa shape index (κ3) is 4.47. The van der Waals surface area contributed by atoms with Crippen molar-refractivity contribution >= 4 is 23.8 Å². The summed E-state index contributed by atoms with van der Waals surface area (Å²) in [7, 11) is 0. The molecule has 4 rings (SSSR count). The van der Waals surface area contributed by atoms with E-state index >= 15 is 0 Å². The van der Waals surface area contributed by atoms with Gasteiger partial charge >= 0.3 is 11.9 Å². The van der Waals surface area contributed by atoms with Crippen LogP contribution in [0.15, 0.2) is 90.5 Å². The summed E-state index contributed by atoms with van der Waals surface area (Å²) in [6, 6.07) is 23.8. The lowest BCUT2D eigenvalue weighted by atomic mass is 10.1. The van der Waals surface area contributed by atoms with Crippen molar-refractivity contribution in [2.45, 2.75) is 6.92 Å². The second-order valence-corrected chi connectivity index (χ2v) is 6.57. The Hall–Kier alpha value is -4.12. The predicted molar refractivity (Wildman–Crippen MR) is 113 cm³/mol. The average molecular weight is 398 g/mol. The molecule has 1 aliphatic heterocycles. The lowest BCUT2D eigenvalue weighted by molar-refractivity contribution is -0.132. The van der Waals surface area contributed by atoms with Crippen molar-refractivity contribution in [2.75, 3.05) is 0 Å². The summed E-state index contributed by atoms with van der Waals surface area (Å²) in [4.78, 5) is 23.6. The summed E-state index contributed by atoms with van der Waals surface area (Å²) >= 11 is 0. The monoisotopic (exact) mass is 398 g/mol. The Labute approximate surface area is 173 Å². The number of para-hydroxylation sites is 2. The van der Waals surface area contributed by atoms with E-state index in [1.807, 2.05) is 54.6 Å². The third-order valence-corrected chi connectivity index (χ3v) is 4.33. The zero-order valence-corrected chi connectivity index (χ0v) is 16.2. The molecule has 0 saturated heterocycles. The van der Waals surface area contributed by atoms with E-state index in [1.165, 1.54) is 6.92 Å². The Kier molecular flexibility index (Phi) is 5.44. The standard InChI is InChI=1S/C25H18O5/c1-17(26)28-23-10-6-5-7-19(23)15-20-16-24(30-25(20)27)18-11-13-22(14-12-18)29-21-8-3-2-4-9-21/h2-16H,1H3/b20-15+. The number of esters is 2. The van der Waals surface area contributed by atoms with Crippen molar-refractivity contribution < 1.29 is 23.8 Å². The first-order chi connectivity index (χ1) is 14.6. The zero-order valence-electron chi connectivity index (χ0n) is 16.2. The first-order valence-corrected chi connectivity index (χ1v) is 9.35. The van der Waals surface area contributed by atoms with Crippen molar-refractivity contribution in [1.82, 2.24) is 0 Å². The Morgan fingerprint density at radius 1 is 0.867 bits per heavy atom. The summed E-state index contributed by atoms with van der Waals surface area (Å²) in [5.41, 5.74) is 1.73. The normalized spacial score (nSPS) is 14.2. The molecule has 0 N–H and O–H groups in total. The van der Waals surface area contributed by atoms with Crippen LogP contribution in [0, 0.1) is 0 Å². The fraction of sp³-hybridized carbons (Fsp3) is 0.0400. The number of benzene rings is 3. The van der Waals surface area contributed by atoms with Gasteiger partial charge in [-0.3, -0.25) is 4.79 Å². The number of ether oxygens (including phenoxy) is 3. The summed E-state index contributed by atoms with van der Waals surface area (Å²) in [6.07, 6.45) is 3.31. The van der Waals surface area contributed by atoms with Gasteiger partial charge in [0.1, 0.15) is 23.0 Å². The fourth-order valence-electron chi connectivity index (χ4n) is 2.96. The lowest BCUT2D eigenvalue weighted by Crippen LogP contribution is -2.03. The van der Waals surface area contributed by atoms with Crippen LogP contribution in [-0.4, -0.2) is 11.9 Å². The predicted octanol–water partition coefficient (Wildman–Crippen LogP) is 5.39. The molecule has 0 spiro atoms. The lowest BCUT2D eigenvalue weighted by Gasteiger charge is -2.07. The molecule has 30 heavy (non-hydrogen) atoms. The van der Waals surface area contributed by atoms with Gasteiger partial charge in [-0.05, 0) is 54.6 Å². The maximum atomic E-state index is 12.3. The molecule has 5 nitrogen and oxygen atoms in total. The van der Waals surface area contributed by atoms with Gasteiger partial charge in [0.05, 0.1) is 5.57 Å². The number of carbonyl (C=O) groups is 2. The fourth-order valence-corrected chi connectivity index (χ4v) is 2.96. The van der Waals surface area contributed by atoms with E-state index in [2.05, 4.69) is 0 Å². The summed E-state index contributed by atoms with van der Waals surface area (Å²) < 4.78 is 16.4. The first kappa shape index (κ1) is 19.2. The van der Waals surface area contributed by atoms with Crippen molar-refractivity contribution in [3.63, 3.8) is 0 Å². The first-order valence-electron chi connectivity index (χ1n) is 9.35. The molecule has 0 atom stereocenters. The second kappa shape index (κ2) is 8.49. The van der Waals surface area contributed by atoms with Gasteiger partial charge in [-0.1, -0.05) is 36.4 Å². The SMILES string of the molecule is CC(=O)Oc1ccccc1/C=C1\C=C(c2ccc(Oc3ccccc3)cc2)OC1=O. The Bertz CT molecular complexity index is 1140. The summed E-state index contributed by atoms with van der Waals surface area (Å²) in [6.45, 7) is 1.33. The molecule has 0 bridgehead atoms. The van der Waals surface area contributed by atoms with Crippen LogP contribution in [0.4, 0.5) is 0 Å². The molecule has 3 aromatic rings. The molecular formula is C25H18O5. The third-order valence-electron chi connectivity index (χ3n) is 4.33. The highest BCUT2D eigenvalue weighted by molar-refractivity contribution is 6.05. The van der Waals surface area contributed by atoms with Gasteiger partial charge in [-0.2, -0.15) is 0 Å². The maximum Gasteiger partial charge on any atom is 0.343 e. The van der Waals surface area contributed by atoms with Crippen molar-refractivity contribution in [3.8, 4) is 17.2 Å². The Morgan fingerprint density at radius 3 is 2.27 bits per heavy atom. The minimum Gasteiger partial charge on any atom is -0.457 e. The van der Waals surface area contributed by atoms with Crippen LogP contribution in [0.5, 0.6) is 17.2 Å². The zero-order chi connectivity index (χ0) is 20.9. The largest absolute Gasteiger partial charge is 0.457 e. The molecule has 0 aromatic heterocycles. The van der Waals surface area contributed by atoms with Crippen LogP contribution in [-0.2, 0) is 14.3 Å². The molecule has 0 saturated carbocycles. The van der Waals surface area contributed by atoms with E-state index in [9.17, 15) is 9.59 Å². The minimum atomic E-state index is -0.466. The number of cyclic esters (lactones) is 1. The molecule has 3 aromatic carbocycles. The number of hydrogen-bond acceptors (Lipinski definition) is 5. The highest BCUT2D eigenvalue weighted by atomic mass is 16.5. The summed E-state index contributed by atoms with van der Waals surface area (Å²) in [5, 5.41) is 0. The molecule has 1 heterocycles. The van der Waals surface area contributed by atoms with E-state index in [1.54, 1.807) is 36.4 Å². The summed E-state index contributed by atoms with van der Waals surface area (Å²) in [5.74, 6) is 1.36. The maximum absolute atomic E-state index is 12.3. The van der Waals surface area contributed by atoms with Crippen LogP contribution in [0.1, 0.15) is 18.1 Å². The van der Waals surface area contributed by atoms with Crippen LogP contribution in [0.25, 0.3) is 11.8 Å². The van der Waals surface area contributed by atoms with Crippen molar-refractivity contribution in [2.24, 2.45) is 0 Å². The van der Waals surface area contributed by atoms with Gasteiger partial charge < -0.3 is 14.2 Å². The molecule has 0 aliphatic carbocycles. The van der Waals surface area contributed by atoms with Gasteiger partial charge in [0.2, 0.25) is 0 Å². The van der Waals surface area contributed by atoms with Gasteiger partial charge in [-0.25, -0.2) is 4.79 Å². The van der Waals surface area contributed by atoms with E-state index in [-0.39, 0.29) is 0 Å². The molecule has 0 unspecified atom stereocenters. The Balaban J connectivity index is 1.55. The number of hydrogen-bond donors (Lipinski definition) is 0. The van der Waals surface area contributed by atoms with Gasteiger partial charge in [0.15, 0.2) is 0 Å². The van der Waals surface area contributed by atoms with Crippen LogP contribution >= 0.6 is 0 Å². The highest BCUT2D eigenvalue weighted by Gasteiger charge is 2.22. The average Bonchev–Trinajstić information content (AvgIpc) is 3.11. The van der Waals surface area contributed by atoms with E-state index in [0.717, 1.165) is 11.3 Å². The molecule has 0 amide bonds. The smallest absolute Gasteiger partial charge is 0.343 e. The van der Waals surface area contributed by atoms with Gasteiger partial charge in [0.25, 0.3) is 0 Å². The van der Waals surface area contributed by atoms with Crippen LogP contribution < -0.4 is 9.47 Å². The molecule has 0 fully saturated rings. The molecular weight excluding hydrogens is 380 g/mol. The van der Waals surface area contributed by atoms with Crippen LogP contribution in [0.2, 0.25) is 0 Å². The minimum absolute atomic E-state index is 0.370. The molecule has 148 valence electrons. The van der Waals surface area contributed by atoms with Crippen LogP contribution in [0.3, 0.4) is 0 Å². The topological polar surface area (TPSA) is 61.8 Å². The van der Waals surface area contributed by atoms with Gasteiger partial charge in [-0.15, -0.1) is 0 Å². The molecule has 0 radical (unpaired) electrons. The molecule has 5 heteroatoms. The molecule has 1 aliphatic rings. The van der Waals surface area contributed by atoms with E-state index < -0.39 is 11.9 Å². The number of rotatable bonds is 5. The van der Waals surface area contributed by atoms with Crippen molar-refractivity contribution in [3.05, 3.63) is 102 Å². The van der Waals surface area contributed by atoms with Crippen molar-refractivity contribution in [1.29, 1.82) is 0 Å². The number of carbonyl (C=O) groups excluding carboxylic acids is 2. The Morgan fingerprint density at radius 2 is 1.53 bits per heavy atom. The highest BCUT2D eigenvalue weighted by Crippen LogP contribution is 2.31. The quantitative estimate of drug-likeness (QED) is 0.328. The van der Waals surface area contributed by atoms with E-state index in [4.69, 9.17) is 14.2 Å². The second-order valence-electron chi connectivity index (χ2n) is 6.57.